The molecule has 108 valence electrons. The van der Waals surface area contributed by atoms with E-state index in [1.54, 1.807) is 0 Å². The van der Waals surface area contributed by atoms with E-state index in [2.05, 4.69) is 4.74 Å². The number of likely N-dealkylation sites (tertiary alicyclic amines) is 1. The van der Waals surface area contributed by atoms with Crippen LogP contribution in [0.4, 0.5) is 0 Å². The van der Waals surface area contributed by atoms with E-state index in [1.807, 2.05) is 13.8 Å². The molecule has 19 heavy (non-hydrogen) atoms. The molecule has 1 N–H and O–H groups in total. The molecule has 0 unspecified atom stereocenters. The minimum atomic E-state index is -0.980. The van der Waals surface area contributed by atoms with E-state index >= 15 is 0 Å². The van der Waals surface area contributed by atoms with Crippen molar-refractivity contribution in [2.75, 3.05) is 13.7 Å². The molecular weight excluding hydrogens is 250 g/mol. The fourth-order valence-electron chi connectivity index (χ4n) is 2.37. The normalized spacial score (nSPS) is 20.4. The van der Waals surface area contributed by atoms with Gasteiger partial charge in [-0.05, 0) is 18.8 Å². The standard InChI is InChI=1S/C13H21NO5/c1-8(2)9(7-11(15)19-3)12(16)14-6-4-5-10(14)13(17)18/h8-10H,4-7H2,1-3H3,(H,17,18)/t9-,10-/m0/s1. The number of hydrogen-bond acceptors (Lipinski definition) is 4. The van der Waals surface area contributed by atoms with Crippen LogP contribution < -0.4 is 0 Å². The second-order valence-corrected chi connectivity index (χ2v) is 5.16. The number of carboxylic acids is 1. The molecule has 0 saturated carbocycles. The van der Waals surface area contributed by atoms with Gasteiger partial charge in [0.2, 0.25) is 5.91 Å². The van der Waals surface area contributed by atoms with Crippen molar-refractivity contribution >= 4 is 17.8 Å². The summed E-state index contributed by atoms with van der Waals surface area (Å²) in [6, 6.07) is -0.758. The third-order valence-electron chi connectivity index (χ3n) is 3.56. The maximum absolute atomic E-state index is 12.4. The molecule has 0 aromatic carbocycles. The Morgan fingerprint density at radius 3 is 2.47 bits per heavy atom. The molecule has 0 aliphatic carbocycles. The van der Waals surface area contributed by atoms with Gasteiger partial charge < -0.3 is 14.7 Å². The summed E-state index contributed by atoms with van der Waals surface area (Å²) < 4.78 is 4.59. The Morgan fingerprint density at radius 1 is 1.37 bits per heavy atom. The molecule has 1 amide bonds. The molecule has 0 radical (unpaired) electrons. The summed E-state index contributed by atoms with van der Waals surface area (Å²) >= 11 is 0. The van der Waals surface area contributed by atoms with Crippen molar-refractivity contribution in [3.05, 3.63) is 0 Å². The first-order valence-electron chi connectivity index (χ1n) is 6.48. The molecule has 1 rings (SSSR count). The van der Waals surface area contributed by atoms with E-state index in [9.17, 15) is 14.4 Å². The second kappa shape index (κ2) is 6.54. The number of nitrogens with zero attached hydrogens (tertiary/aromatic N) is 1. The minimum Gasteiger partial charge on any atom is -0.480 e. The molecule has 0 bridgehead atoms. The topological polar surface area (TPSA) is 83.9 Å². The molecule has 1 aliphatic rings. The number of carboxylic acid groups (broad SMARTS) is 1. The highest BCUT2D eigenvalue weighted by Crippen LogP contribution is 2.25. The molecule has 1 heterocycles. The van der Waals surface area contributed by atoms with Crippen LogP contribution in [-0.4, -0.2) is 47.5 Å². The highest BCUT2D eigenvalue weighted by molar-refractivity contribution is 5.88. The number of methoxy groups -OCH3 is 1. The first-order valence-corrected chi connectivity index (χ1v) is 6.48. The van der Waals surface area contributed by atoms with Crippen LogP contribution in [-0.2, 0) is 19.1 Å². The van der Waals surface area contributed by atoms with Crippen molar-refractivity contribution in [2.24, 2.45) is 11.8 Å². The Balaban J connectivity index is 2.81. The smallest absolute Gasteiger partial charge is 0.326 e. The summed E-state index contributed by atoms with van der Waals surface area (Å²) in [5, 5.41) is 9.10. The fourth-order valence-corrected chi connectivity index (χ4v) is 2.37. The van der Waals surface area contributed by atoms with Gasteiger partial charge in [-0.2, -0.15) is 0 Å². The van der Waals surface area contributed by atoms with E-state index < -0.39 is 23.9 Å². The average Bonchev–Trinajstić information content (AvgIpc) is 2.83. The van der Waals surface area contributed by atoms with Crippen LogP contribution in [0.5, 0.6) is 0 Å². The predicted molar refractivity (Wildman–Crippen MR) is 67.3 cm³/mol. The SMILES string of the molecule is COC(=O)C[C@H](C(=O)N1CCC[C@H]1C(=O)O)C(C)C. The highest BCUT2D eigenvalue weighted by atomic mass is 16.5. The van der Waals surface area contributed by atoms with E-state index in [-0.39, 0.29) is 18.2 Å². The van der Waals surface area contributed by atoms with Gasteiger partial charge in [0.1, 0.15) is 6.04 Å². The van der Waals surface area contributed by atoms with Gasteiger partial charge in [0.25, 0.3) is 0 Å². The average molecular weight is 271 g/mol. The number of esters is 1. The number of rotatable bonds is 5. The summed E-state index contributed by atoms with van der Waals surface area (Å²) in [6.45, 7) is 4.13. The van der Waals surface area contributed by atoms with Crippen molar-refractivity contribution in [1.82, 2.24) is 4.90 Å². The number of carbonyl (C=O) groups is 3. The second-order valence-electron chi connectivity index (χ2n) is 5.16. The molecule has 1 fully saturated rings. The third kappa shape index (κ3) is 3.68. The third-order valence-corrected chi connectivity index (χ3v) is 3.56. The minimum absolute atomic E-state index is 0.00413. The van der Waals surface area contributed by atoms with Gasteiger partial charge in [0.15, 0.2) is 0 Å². The maximum atomic E-state index is 12.4. The quantitative estimate of drug-likeness (QED) is 0.751. The van der Waals surface area contributed by atoms with E-state index in [4.69, 9.17) is 5.11 Å². The molecule has 2 atom stereocenters. The zero-order valence-corrected chi connectivity index (χ0v) is 11.6. The van der Waals surface area contributed by atoms with Crippen molar-refractivity contribution in [1.29, 1.82) is 0 Å². The summed E-state index contributed by atoms with van der Waals surface area (Å²) in [4.78, 5) is 36.2. The molecule has 0 spiro atoms. The zero-order chi connectivity index (χ0) is 14.6. The van der Waals surface area contributed by atoms with Gasteiger partial charge in [-0.15, -0.1) is 0 Å². The maximum Gasteiger partial charge on any atom is 0.326 e. The molecule has 6 nitrogen and oxygen atoms in total. The van der Waals surface area contributed by atoms with E-state index in [0.29, 0.717) is 19.4 Å². The number of amides is 1. The summed E-state index contributed by atoms with van der Waals surface area (Å²) in [7, 11) is 1.28. The van der Waals surface area contributed by atoms with Gasteiger partial charge in [-0.1, -0.05) is 13.8 Å². The van der Waals surface area contributed by atoms with Gasteiger partial charge in [0, 0.05) is 6.54 Å². The van der Waals surface area contributed by atoms with Gasteiger partial charge in [-0.3, -0.25) is 9.59 Å². The Bertz CT molecular complexity index is 366. The van der Waals surface area contributed by atoms with Crippen molar-refractivity contribution in [2.45, 2.75) is 39.2 Å². The molecule has 6 heteroatoms. The van der Waals surface area contributed by atoms with Crippen LogP contribution in [0.1, 0.15) is 33.1 Å². The largest absolute Gasteiger partial charge is 0.480 e. The Morgan fingerprint density at radius 2 is 2.00 bits per heavy atom. The summed E-state index contributed by atoms with van der Waals surface area (Å²) in [5.41, 5.74) is 0. The predicted octanol–water partition coefficient (Wildman–Crippen LogP) is 0.897. The highest BCUT2D eigenvalue weighted by Gasteiger charge is 2.38. The first-order chi connectivity index (χ1) is 8.88. The molecule has 1 saturated heterocycles. The van der Waals surface area contributed by atoms with Gasteiger partial charge in [0.05, 0.1) is 19.4 Å². The lowest BCUT2D eigenvalue weighted by Crippen LogP contribution is -2.45. The summed E-state index contributed by atoms with van der Waals surface area (Å²) in [5.74, 6) is -2.25. The van der Waals surface area contributed by atoms with Crippen LogP contribution >= 0.6 is 0 Å². The Hall–Kier alpha value is -1.59. The number of hydrogen-bond donors (Lipinski definition) is 1. The zero-order valence-electron chi connectivity index (χ0n) is 11.6. The van der Waals surface area contributed by atoms with Crippen molar-refractivity contribution in [3.63, 3.8) is 0 Å². The lowest BCUT2D eigenvalue weighted by atomic mass is 9.91. The Labute approximate surface area is 112 Å². The fraction of sp³-hybridized carbons (Fsp3) is 0.769. The first kappa shape index (κ1) is 15.5. The van der Waals surface area contributed by atoms with Crippen LogP contribution in [0.3, 0.4) is 0 Å². The van der Waals surface area contributed by atoms with Crippen molar-refractivity contribution < 1.29 is 24.2 Å². The number of aliphatic carboxylic acids is 1. The molecule has 1 aliphatic heterocycles. The molecule has 0 aromatic heterocycles. The number of ether oxygens (including phenoxy) is 1. The van der Waals surface area contributed by atoms with Crippen molar-refractivity contribution in [3.8, 4) is 0 Å². The van der Waals surface area contributed by atoms with Crippen LogP contribution in [0.15, 0.2) is 0 Å². The van der Waals surface area contributed by atoms with Crippen LogP contribution in [0, 0.1) is 11.8 Å². The van der Waals surface area contributed by atoms with Crippen LogP contribution in [0.2, 0.25) is 0 Å². The lowest BCUT2D eigenvalue weighted by Gasteiger charge is -2.28. The monoisotopic (exact) mass is 271 g/mol. The van der Waals surface area contributed by atoms with E-state index in [0.717, 1.165) is 0 Å². The molecule has 0 aromatic rings. The van der Waals surface area contributed by atoms with Gasteiger partial charge >= 0.3 is 11.9 Å². The molecular formula is C13H21NO5. The van der Waals surface area contributed by atoms with E-state index in [1.165, 1.54) is 12.0 Å². The summed E-state index contributed by atoms with van der Waals surface area (Å²) in [6.07, 6.45) is 1.16. The van der Waals surface area contributed by atoms with Gasteiger partial charge in [-0.25, -0.2) is 4.79 Å². The van der Waals surface area contributed by atoms with Crippen LogP contribution in [0.25, 0.3) is 0 Å². The number of carbonyl (C=O) groups excluding carboxylic acids is 2. The lowest BCUT2D eigenvalue weighted by molar-refractivity contribution is -0.153. The Kier molecular flexibility index (Phi) is 5.32.